The van der Waals surface area contributed by atoms with Gasteiger partial charge in [-0.2, -0.15) is 13.2 Å². The molecule has 0 spiro atoms. The maximum Gasteiger partial charge on any atom is 0.416 e. The molecule has 0 fully saturated rings. The largest absolute Gasteiger partial charge is 0.416 e. The van der Waals surface area contributed by atoms with E-state index in [-0.39, 0.29) is 0 Å². The van der Waals surface area contributed by atoms with Gasteiger partial charge < -0.3 is 4.98 Å². The highest BCUT2D eigenvalue weighted by Gasteiger charge is 2.29. The van der Waals surface area contributed by atoms with Crippen LogP contribution in [-0.4, -0.2) is 9.97 Å². The number of nitrogens with one attached hydrogen (secondary N) is 1. The second-order valence-electron chi connectivity index (χ2n) is 4.19. The van der Waals surface area contributed by atoms with Crippen LogP contribution < -0.4 is 0 Å². The maximum atomic E-state index is 12.5. The van der Waals surface area contributed by atoms with E-state index in [2.05, 4.69) is 9.97 Å². The van der Waals surface area contributed by atoms with Crippen LogP contribution in [0.5, 0.6) is 0 Å². The van der Waals surface area contributed by atoms with Gasteiger partial charge in [0.15, 0.2) is 0 Å². The number of halogens is 3. The molecule has 0 bridgehead atoms. The van der Waals surface area contributed by atoms with Crippen molar-refractivity contribution < 1.29 is 13.2 Å². The molecule has 0 aliphatic heterocycles. The van der Waals surface area contributed by atoms with Crippen molar-refractivity contribution in [3.8, 4) is 11.3 Å². The van der Waals surface area contributed by atoms with Gasteiger partial charge in [-0.15, -0.1) is 0 Å². The SMILES string of the molecule is FC(F)(F)c1ccc(-c2ccc3cc[nH]c3n2)cc1. The summed E-state index contributed by atoms with van der Waals surface area (Å²) in [5, 5.41) is 0.968. The van der Waals surface area contributed by atoms with Crippen LogP contribution in [0.1, 0.15) is 5.56 Å². The molecule has 0 radical (unpaired) electrons. The third kappa shape index (κ3) is 2.19. The smallest absolute Gasteiger partial charge is 0.346 e. The van der Waals surface area contributed by atoms with Crippen molar-refractivity contribution in [1.82, 2.24) is 9.97 Å². The molecular formula is C14H9F3N2. The van der Waals surface area contributed by atoms with E-state index in [1.165, 1.54) is 12.1 Å². The number of alkyl halides is 3. The number of H-pyrrole nitrogens is 1. The fourth-order valence-electron chi connectivity index (χ4n) is 1.92. The van der Waals surface area contributed by atoms with Crippen molar-refractivity contribution in [2.45, 2.75) is 6.18 Å². The Labute approximate surface area is 106 Å². The van der Waals surface area contributed by atoms with Crippen LogP contribution in [0.4, 0.5) is 13.2 Å². The minimum absolute atomic E-state index is 0.642. The second kappa shape index (κ2) is 4.12. The molecule has 0 unspecified atom stereocenters. The monoisotopic (exact) mass is 262 g/mol. The molecule has 3 aromatic rings. The van der Waals surface area contributed by atoms with Crippen molar-refractivity contribution in [1.29, 1.82) is 0 Å². The van der Waals surface area contributed by atoms with Gasteiger partial charge in [0.1, 0.15) is 5.65 Å². The van der Waals surface area contributed by atoms with Gasteiger partial charge in [0, 0.05) is 17.1 Å². The number of hydrogen-bond donors (Lipinski definition) is 1. The Morgan fingerprint density at radius 2 is 1.63 bits per heavy atom. The second-order valence-corrected chi connectivity index (χ2v) is 4.19. The number of rotatable bonds is 1. The van der Waals surface area contributed by atoms with Gasteiger partial charge in [0.25, 0.3) is 0 Å². The molecule has 1 aromatic carbocycles. The number of pyridine rings is 1. The molecule has 0 saturated heterocycles. The van der Waals surface area contributed by atoms with E-state index < -0.39 is 11.7 Å². The van der Waals surface area contributed by atoms with Gasteiger partial charge in [-0.25, -0.2) is 4.98 Å². The highest BCUT2D eigenvalue weighted by molar-refractivity contribution is 5.78. The molecule has 0 aliphatic carbocycles. The summed E-state index contributed by atoms with van der Waals surface area (Å²) < 4.78 is 37.4. The average molecular weight is 262 g/mol. The molecule has 2 heterocycles. The van der Waals surface area contributed by atoms with Gasteiger partial charge in [0.05, 0.1) is 11.3 Å². The lowest BCUT2D eigenvalue weighted by atomic mass is 10.1. The summed E-state index contributed by atoms with van der Waals surface area (Å²) in [5.41, 5.74) is 1.36. The Kier molecular flexibility index (Phi) is 2.55. The Bertz CT molecular complexity index is 711. The first-order valence-electron chi connectivity index (χ1n) is 5.66. The molecule has 2 aromatic heterocycles. The average Bonchev–Trinajstić information content (AvgIpc) is 2.85. The van der Waals surface area contributed by atoms with E-state index >= 15 is 0 Å². The zero-order valence-corrected chi connectivity index (χ0v) is 9.70. The highest BCUT2D eigenvalue weighted by Crippen LogP contribution is 2.30. The van der Waals surface area contributed by atoms with Crippen molar-refractivity contribution in [3.05, 3.63) is 54.2 Å². The van der Waals surface area contributed by atoms with Crippen molar-refractivity contribution in [2.75, 3.05) is 0 Å². The maximum absolute atomic E-state index is 12.5. The van der Waals surface area contributed by atoms with Crippen molar-refractivity contribution in [3.63, 3.8) is 0 Å². The first kappa shape index (κ1) is 11.8. The predicted octanol–water partition coefficient (Wildman–Crippen LogP) is 4.25. The van der Waals surface area contributed by atoms with E-state index in [0.29, 0.717) is 11.3 Å². The summed E-state index contributed by atoms with van der Waals surface area (Å²) >= 11 is 0. The first-order chi connectivity index (χ1) is 9.04. The summed E-state index contributed by atoms with van der Waals surface area (Å²) in [5.74, 6) is 0. The molecular weight excluding hydrogens is 253 g/mol. The molecule has 0 amide bonds. The van der Waals surface area contributed by atoms with Crippen LogP contribution in [0, 0.1) is 0 Å². The Hall–Kier alpha value is -2.30. The van der Waals surface area contributed by atoms with Crippen LogP contribution in [-0.2, 0) is 6.18 Å². The molecule has 1 N–H and O–H groups in total. The predicted molar refractivity (Wildman–Crippen MR) is 66.5 cm³/mol. The molecule has 2 nitrogen and oxygen atoms in total. The van der Waals surface area contributed by atoms with E-state index in [4.69, 9.17) is 0 Å². The third-order valence-electron chi connectivity index (χ3n) is 2.92. The molecule has 0 saturated carbocycles. The lowest BCUT2D eigenvalue weighted by molar-refractivity contribution is -0.137. The lowest BCUT2D eigenvalue weighted by Crippen LogP contribution is -2.04. The Morgan fingerprint density at radius 1 is 0.895 bits per heavy atom. The van der Waals surface area contributed by atoms with E-state index in [9.17, 15) is 13.2 Å². The number of nitrogens with zero attached hydrogens (tertiary/aromatic N) is 1. The Balaban J connectivity index is 2.01. The van der Waals surface area contributed by atoms with E-state index in [0.717, 1.165) is 23.2 Å². The molecule has 5 heteroatoms. The number of hydrogen-bond acceptors (Lipinski definition) is 1. The standard InChI is InChI=1S/C14H9F3N2/c15-14(16,17)11-4-1-9(2-5-11)12-6-3-10-7-8-18-13(10)19-12/h1-8H,(H,18,19). The van der Waals surface area contributed by atoms with Gasteiger partial charge in [-0.05, 0) is 30.3 Å². The minimum atomic E-state index is -4.31. The fourth-order valence-corrected chi connectivity index (χ4v) is 1.92. The highest BCUT2D eigenvalue weighted by atomic mass is 19.4. The van der Waals surface area contributed by atoms with Crippen LogP contribution in [0.15, 0.2) is 48.7 Å². The molecule has 0 atom stereocenters. The van der Waals surface area contributed by atoms with Crippen LogP contribution >= 0.6 is 0 Å². The molecule has 0 aliphatic rings. The van der Waals surface area contributed by atoms with E-state index in [1.807, 2.05) is 12.1 Å². The summed E-state index contributed by atoms with van der Waals surface area (Å²) in [6.07, 6.45) is -2.54. The quantitative estimate of drug-likeness (QED) is 0.697. The minimum Gasteiger partial charge on any atom is -0.346 e. The summed E-state index contributed by atoms with van der Waals surface area (Å²) in [6.45, 7) is 0. The molecule has 96 valence electrons. The van der Waals surface area contributed by atoms with Crippen molar-refractivity contribution >= 4 is 11.0 Å². The lowest BCUT2D eigenvalue weighted by Gasteiger charge is -2.07. The summed E-state index contributed by atoms with van der Waals surface area (Å²) in [6, 6.07) is 10.6. The fraction of sp³-hybridized carbons (Fsp3) is 0.0714. The van der Waals surface area contributed by atoms with Gasteiger partial charge >= 0.3 is 6.18 Å². The number of aromatic amines is 1. The topological polar surface area (TPSA) is 28.7 Å². The summed E-state index contributed by atoms with van der Waals surface area (Å²) in [4.78, 5) is 7.33. The van der Waals surface area contributed by atoms with Gasteiger partial charge in [-0.1, -0.05) is 12.1 Å². The molecule has 19 heavy (non-hydrogen) atoms. The number of aromatic nitrogens is 2. The summed E-state index contributed by atoms with van der Waals surface area (Å²) in [7, 11) is 0. The van der Waals surface area contributed by atoms with Crippen molar-refractivity contribution in [2.24, 2.45) is 0 Å². The normalized spacial score (nSPS) is 11.9. The first-order valence-corrected chi connectivity index (χ1v) is 5.66. The zero-order chi connectivity index (χ0) is 13.5. The Morgan fingerprint density at radius 3 is 2.32 bits per heavy atom. The van der Waals surface area contributed by atoms with Gasteiger partial charge in [-0.3, -0.25) is 0 Å². The molecule has 3 rings (SSSR count). The van der Waals surface area contributed by atoms with Crippen LogP contribution in [0.2, 0.25) is 0 Å². The van der Waals surface area contributed by atoms with Gasteiger partial charge in [0.2, 0.25) is 0 Å². The zero-order valence-electron chi connectivity index (χ0n) is 9.70. The van der Waals surface area contributed by atoms with E-state index in [1.54, 1.807) is 12.3 Å². The van der Waals surface area contributed by atoms with Crippen LogP contribution in [0.25, 0.3) is 22.3 Å². The number of benzene rings is 1. The third-order valence-corrected chi connectivity index (χ3v) is 2.92. The van der Waals surface area contributed by atoms with Crippen LogP contribution in [0.3, 0.4) is 0 Å². The number of fused-ring (bicyclic) bond motifs is 1.